The van der Waals surface area contributed by atoms with Crippen LogP contribution in [0.15, 0.2) is 6.33 Å². The highest BCUT2D eigenvalue weighted by atomic mass is 32.2. The van der Waals surface area contributed by atoms with Crippen LogP contribution in [0, 0.1) is 29.1 Å². The summed E-state index contributed by atoms with van der Waals surface area (Å²) >= 11 is 1.52. The monoisotopic (exact) mass is 605 g/mol. The van der Waals surface area contributed by atoms with Crippen LogP contribution in [0.4, 0.5) is 0 Å². The number of carboxylic acid groups (broad SMARTS) is 1. The van der Waals surface area contributed by atoms with Crippen LogP contribution in [0.25, 0.3) is 0 Å². The lowest BCUT2D eigenvalue weighted by atomic mass is 9.73. The summed E-state index contributed by atoms with van der Waals surface area (Å²) in [5.74, 6) is -2.18. The Hall–Kier alpha value is -3.11. The molecule has 4 aliphatic heterocycles. The summed E-state index contributed by atoms with van der Waals surface area (Å²) in [6.07, 6.45) is 3.01. The molecule has 0 spiro atoms. The van der Waals surface area contributed by atoms with Gasteiger partial charge in [-0.3, -0.25) is 19.8 Å². The first-order valence-electron chi connectivity index (χ1n) is 14.4. The van der Waals surface area contributed by atoms with Gasteiger partial charge in [-0.15, -0.1) is 5.10 Å². The lowest BCUT2D eigenvalue weighted by Crippen LogP contribution is -2.64. The summed E-state index contributed by atoms with van der Waals surface area (Å²) in [5.41, 5.74) is 5.56. The molecule has 4 fully saturated rings. The minimum absolute atomic E-state index is 0.0147. The van der Waals surface area contributed by atoms with E-state index >= 15 is 0 Å². The number of amidine groups is 1. The number of likely N-dealkylation sites (tertiary alicyclic amines) is 1. The molecule has 5 heterocycles. The Morgan fingerprint density at radius 3 is 2.71 bits per heavy atom. The molecule has 1 aromatic heterocycles. The smallest absolute Gasteiger partial charge is 0.327 e. The van der Waals surface area contributed by atoms with Crippen LogP contribution in [-0.2, 0) is 25.7 Å². The van der Waals surface area contributed by atoms with Gasteiger partial charge in [-0.2, -0.15) is 11.8 Å². The van der Waals surface area contributed by atoms with Crippen LogP contribution in [0.3, 0.4) is 0 Å². The van der Waals surface area contributed by atoms with E-state index in [9.17, 15) is 29.4 Å². The molecule has 230 valence electrons. The zero-order valence-electron chi connectivity index (χ0n) is 23.7. The SMILES string of the molecule is CC(CC(=O)Cn1cnnn1)[C@H]1C(=O)N2[C@H](C(=O)O)C(SC3CNC(C(=O)N4CC(CC(=N)N)CC4CO)C3)C(C)[C@H]12. The number of amides is 2. The topological polar surface area (TPSA) is 221 Å². The number of hydrogen-bond donors (Lipinski definition) is 5. The number of aliphatic hydroxyl groups excluding tert-OH is 1. The third-order valence-corrected chi connectivity index (χ3v) is 11.0. The van der Waals surface area contributed by atoms with Gasteiger partial charge < -0.3 is 31.1 Å². The van der Waals surface area contributed by atoms with Crippen molar-refractivity contribution in [3.8, 4) is 0 Å². The van der Waals surface area contributed by atoms with Gasteiger partial charge in [-0.05, 0) is 41.0 Å². The number of nitrogens with two attached hydrogens (primary N) is 1. The van der Waals surface area contributed by atoms with E-state index in [0.29, 0.717) is 32.4 Å². The van der Waals surface area contributed by atoms with E-state index in [1.165, 1.54) is 27.7 Å². The van der Waals surface area contributed by atoms with Crippen LogP contribution in [-0.4, -0.2) is 124 Å². The van der Waals surface area contributed by atoms with Gasteiger partial charge in [0, 0.05) is 42.5 Å². The molecule has 0 aliphatic carbocycles. The zero-order valence-corrected chi connectivity index (χ0v) is 24.5. The second kappa shape index (κ2) is 12.2. The maximum absolute atomic E-state index is 13.4. The highest BCUT2D eigenvalue weighted by molar-refractivity contribution is 8.00. The number of carbonyl (C=O) groups is 4. The number of nitrogens with one attached hydrogen (secondary N) is 2. The minimum atomic E-state index is -1.05. The van der Waals surface area contributed by atoms with Crippen LogP contribution in [0.5, 0.6) is 0 Å². The molecule has 0 radical (unpaired) electrons. The van der Waals surface area contributed by atoms with Gasteiger partial charge >= 0.3 is 5.97 Å². The van der Waals surface area contributed by atoms with Crippen LogP contribution in [0.2, 0.25) is 0 Å². The maximum atomic E-state index is 13.4. The van der Waals surface area contributed by atoms with Gasteiger partial charge in [0.15, 0.2) is 5.78 Å². The molecule has 4 saturated heterocycles. The number of Topliss-reactive ketones (excluding diaryl/α,β-unsaturated/α-hetero) is 1. The van der Waals surface area contributed by atoms with Crippen LogP contribution in [0.1, 0.15) is 39.5 Å². The molecule has 5 rings (SSSR count). The number of tetrazole rings is 1. The van der Waals surface area contributed by atoms with E-state index in [-0.39, 0.29) is 83.3 Å². The first kappa shape index (κ1) is 30.4. The quantitative estimate of drug-likeness (QED) is 0.105. The van der Waals surface area contributed by atoms with Crippen molar-refractivity contribution in [2.45, 2.75) is 80.7 Å². The molecular weight excluding hydrogens is 566 g/mol. The predicted octanol–water partition coefficient (Wildman–Crippen LogP) is -1.43. The van der Waals surface area contributed by atoms with Crippen molar-refractivity contribution in [2.24, 2.45) is 29.4 Å². The summed E-state index contributed by atoms with van der Waals surface area (Å²) < 4.78 is 1.33. The molecule has 10 atom stereocenters. The van der Waals surface area contributed by atoms with E-state index in [0.717, 1.165) is 0 Å². The third kappa shape index (κ3) is 5.75. The molecule has 0 aromatic carbocycles. The van der Waals surface area contributed by atoms with Crippen molar-refractivity contribution in [1.29, 1.82) is 5.41 Å². The Bertz CT molecular complexity index is 1220. The normalized spacial score (nSPS) is 34.7. The average Bonchev–Trinajstić information content (AvgIpc) is 3.71. The first-order chi connectivity index (χ1) is 20.0. The average molecular weight is 606 g/mol. The van der Waals surface area contributed by atoms with Crippen molar-refractivity contribution < 1.29 is 29.4 Å². The molecule has 4 aliphatic rings. The number of ketones is 1. The standard InChI is InChI=1S/C26H39N9O6S/c1-12(3-16(37)9-33-11-30-31-32-33)20-21-13(2)23(22(26(40)41)35(21)25(20)39)42-17-6-18(29-7-17)24(38)34-8-14(5-19(27)28)4-15(34)10-36/h11-15,17-18,20-23,29,36H,3-10H2,1-2H3,(H3,27,28)(H,40,41)/t12?,13?,14?,15?,17?,18?,20-,21-,22+,23?/m1/s1. The number of aliphatic hydroxyl groups is 1. The zero-order chi connectivity index (χ0) is 30.3. The summed E-state index contributed by atoms with van der Waals surface area (Å²) in [5, 5.41) is 41.2. The van der Waals surface area contributed by atoms with Crippen molar-refractivity contribution in [2.75, 3.05) is 19.7 Å². The summed E-state index contributed by atoms with van der Waals surface area (Å²) in [6, 6.07) is -2.01. The number of aromatic nitrogens is 4. The largest absolute Gasteiger partial charge is 0.480 e. The summed E-state index contributed by atoms with van der Waals surface area (Å²) in [6.45, 7) is 4.66. The minimum Gasteiger partial charge on any atom is -0.480 e. The van der Waals surface area contributed by atoms with Gasteiger partial charge in [0.05, 0.1) is 30.4 Å². The second-order valence-corrected chi connectivity index (χ2v) is 13.7. The number of carboxylic acids is 1. The van der Waals surface area contributed by atoms with Gasteiger partial charge in [0.25, 0.3) is 0 Å². The molecule has 16 heteroatoms. The first-order valence-corrected chi connectivity index (χ1v) is 15.3. The molecule has 1 aromatic rings. The fourth-order valence-electron chi connectivity index (χ4n) is 7.45. The summed E-state index contributed by atoms with van der Waals surface area (Å²) in [7, 11) is 0. The molecule has 2 amide bonds. The Kier molecular flexibility index (Phi) is 8.85. The van der Waals surface area contributed by atoms with Gasteiger partial charge in [-0.1, -0.05) is 13.8 Å². The Balaban J connectivity index is 1.20. The van der Waals surface area contributed by atoms with Crippen molar-refractivity contribution in [3.05, 3.63) is 6.33 Å². The van der Waals surface area contributed by atoms with Crippen LogP contribution < -0.4 is 11.1 Å². The third-order valence-electron chi connectivity index (χ3n) is 9.28. The highest BCUT2D eigenvalue weighted by Gasteiger charge is 2.64. The van der Waals surface area contributed by atoms with E-state index < -0.39 is 24.0 Å². The number of hydrogen-bond acceptors (Lipinski definition) is 11. The van der Waals surface area contributed by atoms with E-state index in [2.05, 4.69) is 20.8 Å². The number of thioether (sulfide) groups is 1. The van der Waals surface area contributed by atoms with E-state index in [4.69, 9.17) is 11.1 Å². The number of aliphatic carboxylic acids is 1. The van der Waals surface area contributed by atoms with Crippen molar-refractivity contribution in [1.82, 2.24) is 35.3 Å². The molecular formula is C26H39N9O6S. The lowest BCUT2D eigenvalue weighted by Gasteiger charge is -2.48. The number of fused-ring (bicyclic) bond motifs is 1. The predicted molar refractivity (Wildman–Crippen MR) is 150 cm³/mol. The maximum Gasteiger partial charge on any atom is 0.327 e. The highest BCUT2D eigenvalue weighted by Crippen LogP contribution is 2.51. The van der Waals surface area contributed by atoms with Gasteiger partial charge in [0.2, 0.25) is 11.8 Å². The number of carbonyl (C=O) groups excluding carboxylic acids is 3. The number of rotatable bonds is 12. The molecule has 42 heavy (non-hydrogen) atoms. The second-order valence-electron chi connectivity index (χ2n) is 12.2. The summed E-state index contributed by atoms with van der Waals surface area (Å²) in [4.78, 5) is 54.9. The van der Waals surface area contributed by atoms with E-state index in [1.54, 1.807) is 4.90 Å². The molecule has 0 saturated carbocycles. The van der Waals surface area contributed by atoms with E-state index in [1.807, 2.05) is 13.8 Å². The molecule has 0 bridgehead atoms. The Labute approximate surface area is 247 Å². The van der Waals surface area contributed by atoms with Gasteiger partial charge in [0.1, 0.15) is 18.9 Å². The lowest BCUT2D eigenvalue weighted by molar-refractivity contribution is -0.168. The Morgan fingerprint density at radius 2 is 2.07 bits per heavy atom. The van der Waals surface area contributed by atoms with Crippen molar-refractivity contribution >= 4 is 41.2 Å². The number of β-lactam (4-membered cyclic amide) rings is 1. The van der Waals surface area contributed by atoms with Crippen LogP contribution >= 0.6 is 11.8 Å². The Morgan fingerprint density at radius 1 is 1.31 bits per heavy atom. The number of nitrogens with zero attached hydrogens (tertiary/aromatic N) is 6. The fraction of sp³-hybridized carbons (Fsp3) is 0.769. The fourth-order valence-corrected chi connectivity index (χ4v) is 9.20. The molecule has 15 nitrogen and oxygen atoms in total. The molecule has 6 N–H and O–H groups in total. The molecule has 7 unspecified atom stereocenters. The van der Waals surface area contributed by atoms with Gasteiger partial charge in [-0.25, -0.2) is 9.48 Å². The van der Waals surface area contributed by atoms with Crippen molar-refractivity contribution in [3.63, 3.8) is 0 Å².